The molecule has 0 radical (unpaired) electrons. The third-order valence-corrected chi connectivity index (χ3v) is 5.64. The monoisotopic (exact) mass is 394 g/mol. The lowest BCUT2D eigenvalue weighted by atomic mass is 10.0. The molecule has 1 saturated heterocycles. The highest BCUT2D eigenvalue weighted by Crippen LogP contribution is 2.23. The first-order valence-corrected chi connectivity index (χ1v) is 10.6. The maximum absolute atomic E-state index is 12.2. The van der Waals surface area contributed by atoms with Gasteiger partial charge in [-0.05, 0) is 43.1 Å². The van der Waals surface area contributed by atoms with E-state index in [1.807, 2.05) is 18.2 Å². The minimum absolute atomic E-state index is 0.0240. The molecule has 2 aliphatic heterocycles. The lowest BCUT2D eigenvalue weighted by Gasteiger charge is -2.36. The van der Waals surface area contributed by atoms with Crippen molar-refractivity contribution in [2.24, 2.45) is 0 Å². The van der Waals surface area contributed by atoms with Crippen molar-refractivity contribution in [3.63, 3.8) is 0 Å². The Morgan fingerprint density at radius 2 is 1.76 bits per heavy atom. The largest absolute Gasteiger partial charge is 0.491 e. The van der Waals surface area contributed by atoms with Crippen LogP contribution in [0.2, 0.25) is 0 Å². The number of hydrogen-bond acceptors (Lipinski definition) is 4. The lowest BCUT2D eigenvalue weighted by Crippen LogP contribution is -2.48. The lowest BCUT2D eigenvalue weighted by molar-refractivity contribution is 0.213. The molecule has 4 rings (SSSR count). The minimum atomic E-state index is -0.105. The van der Waals surface area contributed by atoms with Gasteiger partial charge in [0, 0.05) is 38.4 Å². The van der Waals surface area contributed by atoms with Crippen LogP contribution in [0.1, 0.15) is 12.0 Å². The molecule has 0 saturated carbocycles. The number of fused-ring (bicyclic) bond motifs is 1. The molecular formula is C23H30N4O2. The minimum Gasteiger partial charge on any atom is -0.491 e. The number of nitrogens with one attached hydrogen (secondary N) is 2. The number of anilines is 1. The van der Waals surface area contributed by atoms with Crippen LogP contribution < -0.4 is 20.3 Å². The van der Waals surface area contributed by atoms with Gasteiger partial charge >= 0.3 is 6.03 Å². The molecule has 6 nitrogen and oxygen atoms in total. The summed E-state index contributed by atoms with van der Waals surface area (Å²) in [6, 6.07) is 18.5. The average molecular weight is 395 g/mol. The Labute approximate surface area is 172 Å². The summed E-state index contributed by atoms with van der Waals surface area (Å²) in [7, 11) is 0. The van der Waals surface area contributed by atoms with Crippen LogP contribution in [-0.4, -0.2) is 62.8 Å². The zero-order valence-electron chi connectivity index (χ0n) is 16.8. The summed E-state index contributed by atoms with van der Waals surface area (Å²) in [6.07, 6.45) is 1.78. The van der Waals surface area contributed by atoms with Crippen molar-refractivity contribution in [2.45, 2.75) is 18.9 Å². The van der Waals surface area contributed by atoms with Crippen LogP contribution in [0.3, 0.4) is 0 Å². The highest BCUT2D eigenvalue weighted by molar-refractivity contribution is 5.74. The normalized spacial score (nSPS) is 19.2. The number of ether oxygens (including phenoxy) is 1. The van der Waals surface area contributed by atoms with Gasteiger partial charge in [0.15, 0.2) is 0 Å². The number of hydrogen-bond donors (Lipinski definition) is 2. The summed E-state index contributed by atoms with van der Waals surface area (Å²) in [4.78, 5) is 17.1. The highest BCUT2D eigenvalue weighted by atomic mass is 16.5. The molecule has 0 unspecified atom stereocenters. The molecule has 0 aromatic heterocycles. The fourth-order valence-corrected chi connectivity index (χ4v) is 4.03. The number of nitrogens with zero attached hydrogens (tertiary/aromatic N) is 2. The molecule has 6 heteroatoms. The first kappa shape index (κ1) is 19.6. The third-order valence-electron chi connectivity index (χ3n) is 5.64. The molecule has 2 amide bonds. The van der Waals surface area contributed by atoms with Crippen molar-refractivity contribution in [3.8, 4) is 5.75 Å². The third kappa shape index (κ3) is 5.41. The number of piperazine rings is 1. The summed E-state index contributed by atoms with van der Waals surface area (Å²) in [5, 5.41) is 6.01. The van der Waals surface area contributed by atoms with Crippen molar-refractivity contribution >= 4 is 11.7 Å². The van der Waals surface area contributed by atoms with E-state index in [0.717, 1.165) is 56.9 Å². The smallest absolute Gasteiger partial charge is 0.315 e. The predicted octanol–water partition coefficient (Wildman–Crippen LogP) is 2.50. The maximum atomic E-state index is 12.2. The number of amides is 2. The quantitative estimate of drug-likeness (QED) is 0.740. The van der Waals surface area contributed by atoms with Crippen molar-refractivity contribution in [2.75, 3.05) is 50.8 Å². The summed E-state index contributed by atoms with van der Waals surface area (Å²) < 4.78 is 5.73. The summed E-state index contributed by atoms with van der Waals surface area (Å²) >= 11 is 0. The van der Waals surface area contributed by atoms with Crippen molar-refractivity contribution in [1.82, 2.24) is 15.5 Å². The van der Waals surface area contributed by atoms with Gasteiger partial charge in [-0.1, -0.05) is 36.4 Å². The Morgan fingerprint density at radius 1 is 1.00 bits per heavy atom. The van der Waals surface area contributed by atoms with E-state index in [4.69, 9.17) is 4.74 Å². The van der Waals surface area contributed by atoms with Crippen molar-refractivity contribution < 1.29 is 9.53 Å². The van der Waals surface area contributed by atoms with Crippen LogP contribution >= 0.6 is 0 Å². The van der Waals surface area contributed by atoms with E-state index in [1.165, 1.54) is 5.69 Å². The average Bonchev–Trinajstić information content (AvgIpc) is 2.78. The molecule has 2 heterocycles. The topological polar surface area (TPSA) is 56.8 Å². The van der Waals surface area contributed by atoms with E-state index >= 15 is 0 Å². The van der Waals surface area contributed by atoms with Crippen molar-refractivity contribution in [3.05, 3.63) is 60.2 Å². The first-order chi connectivity index (χ1) is 14.3. The van der Waals surface area contributed by atoms with Crippen LogP contribution in [-0.2, 0) is 6.42 Å². The fourth-order valence-electron chi connectivity index (χ4n) is 4.03. The molecule has 2 N–H and O–H groups in total. The number of para-hydroxylation sites is 2. The van der Waals surface area contributed by atoms with Gasteiger partial charge in [-0.25, -0.2) is 4.79 Å². The SMILES string of the molecule is O=C(NCCCN1CCN(c2ccccc2)CC1)N[C@H]1COc2ccccc2C1. The molecule has 2 aliphatic rings. The molecule has 1 fully saturated rings. The highest BCUT2D eigenvalue weighted by Gasteiger charge is 2.21. The van der Waals surface area contributed by atoms with Gasteiger partial charge in [0.1, 0.15) is 12.4 Å². The fraction of sp³-hybridized carbons (Fsp3) is 0.435. The molecule has 0 bridgehead atoms. The molecule has 154 valence electrons. The van der Waals surface area contributed by atoms with Crippen LogP contribution in [0.5, 0.6) is 5.75 Å². The second kappa shape index (κ2) is 9.65. The Morgan fingerprint density at radius 3 is 2.59 bits per heavy atom. The zero-order chi connectivity index (χ0) is 19.9. The molecule has 0 spiro atoms. The van der Waals surface area contributed by atoms with Crippen LogP contribution in [0.25, 0.3) is 0 Å². The van der Waals surface area contributed by atoms with Crippen LogP contribution in [0, 0.1) is 0 Å². The number of urea groups is 1. The summed E-state index contributed by atoms with van der Waals surface area (Å²) in [5.74, 6) is 0.929. The van der Waals surface area contributed by atoms with Crippen LogP contribution in [0.4, 0.5) is 10.5 Å². The summed E-state index contributed by atoms with van der Waals surface area (Å²) in [5.41, 5.74) is 2.46. The van der Waals surface area contributed by atoms with Gasteiger partial charge in [0.05, 0.1) is 6.04 Å². The number of carbonyl (C=O) groups is 1. The van der Waals surface area contributed by atoms with Gasteiger partial charge in [-0.3, -0.25) is 4.90 Å². The molecule has 0 aliphatic carbocycles. The van der Waals surface area contributed by atoms with E-state index in [9.17, 15) is 4.79 Å². The van der Waals surface area contributed by atoms with E-state index < -0.39 is 0 Å². The Bertz CT molecular complexity index is 790. The molecule has 1 atom stereocenters. The number of benzene rings is 2. The zero-order valence-corrected chi connectivity index (χ0v) is 16.8. The predicted molar refractivity (Wildman–Crippen MR) is 116 cm³/mol. The Balaban J connectivity index is 1.10. The van der Waals surface area contributed by atoms with E-state index in [0.29, 0.717) is 13.2 Å². The number of rotatable bonds is 6. The van der Waals surface area contributed by atoms with Crippen molar-refractivity contribution in [1.29, 1.82) is 0 Å². The Hall–Kier alpha value is -2.73. The van der Waals surface area contributed by atoms with Gasteiger partial charge in [-0.15, -0.1) is 0 Å². The number of carbonyl (C=O) groups excluding carboxylic acids is 1. The Kier molecular flexibility index (Phi) is 6.52. The van der Waals surface area contributed by atoms with Crippen LogP contribution in [0.15, 0.2) is 54.6 Å². The van der Waals surface area contributed by atoms with Gasteiger partial charge < -0.3 is 20.3 Å². The van der Waals surface area contributed by atoms with E-state index in [2.05, 4.69) is 56.8 Å². The molecular weight excluding hydrogens is 364 g/mol. The van der Waals surface area contributed by atoms with E-state index in [-0.39, 0.29) is 12.1 Å². The van der Waals surface area contributed by atoms with E-state index in [1.54, 1.807) is 0 Å². The summed E-state index contributed by atoms with van der Waals surface area (Å²) in [6.45, 7) is 6.48. The van der Waals surface area contributed by atoms with Gasteiger partial charge in [0.25, 0.3) is 0 Å². The second-order valence-corrected chi connectivity index (χ2v) is 7.74. The maximum Gasteiger partial charge on any atom is 0.315 e. The second-order valence-electron chi connectivity index (χ2n) is 7.74. The molecule has 2 aromatic carbocycles. The van der Waals surface area contributed by atoms with Gasteiger partial charge in [0.2, 0.25) is 0 Å². The van der Waals surface area contributed by atoms with Gasteiger partial charge in [-0.2, -0.15) is 0 Å². The molecule has 29 heavy (non-hydrogen) atoms. The standard InChI is InChI=1S/C23H30N4O2/c28-23(25-20-17-19-7-4-5-10-22(19)29-18-20)24-11-6-12-26-13-15-27(16-14-26)21-8-2-1-3-9-21/h1-5,7-10,20H,6,11-18H2,(H2,24,25,28)/t20-/m1/s1. The first-order valence-electron chi connectivity index (χ1n) is 10.6. The molecule has 2 aromatic rings.